The summed E-state index contributed by atoms with van der Waals surface area (Å²) in [7, 11) is 1.60. The average Bonchev–Trinajstić information content (AvgIpc) is 2.83. The van der Waals surface area contributed by atoms with Crippen LogP contribution in [0.25, 0.3) is 0 Å². The van der Waals surface area contributed by atoms with Crippen LogP contribution in [-0.4, -0.2) is 50.1 Å². The van der Waals surface area contributed by atoms with Gasteiger partial charge >= 0.3 is 6.61 Å². The van der Waals surface area contributed by atoms with Gasteiger partial charge in [0.05, 0.1) is 24.3 Å². The maximum absolute atomic E-state index is 13.6. The van der Waals surface area contributed by atoms with E-state index in [1.807, 2.05) is 19.1 Å². The number of rotatable bonds is 5. The van der Waals surface area contributed by atoms with E-state index < -0.39 is 12.5 Å². The fourth-order valence-electron chi connectivity index (χ4n) is 4.83. The fraction of sp³-hybridized carbons (Fsp3) is 0.440. The van der Waals surface area contributed by atoms with Crippen molar-refractivity contribution in [3.8, 4) is 11.5 Å². The van der Waals surface area contributed by atoms with Gasteiger partial charge in [0.15, 0.2) is 0 Å². The Morgan fingerprint density at radius 2 is 1.85 bits per heavy atom. The van der Waals surface area contributed by atoms with Crippen molar-refractivity contribution in [1.82, 2.24) is 4.90 Å². The molecule has 0 N–H and O–H groups in total. The van der Waals surface area contributed by atoms with Crippen LogP contribution in [0, 0.1) is 12.8 Å². The largest absolute Gasteiger partial charge is 0.495 e. The molecule has 1 fully saturated rings. The molecule has 2 amide bonds. The first-order valence-corrected chi connectivity index (χ1v) is 11.2. The highest BCUT2D eigenvalue weighted by Gasteiger charge is 2.35. The summed E-state index contributed by atoms with van der Waals surface area (Å²) < 4.78 is 35.7. The van der Waals surface area contributed by atoms with E-state index in [4.69, 9.17) is 4.74 Å². The van der Waals surface area contributed by atoms with Gasteiger partial charge in [-0.05, 0) is 61.9 Å². The zero-order chi connectivity index (χ0) is 23.5. The number of alkyl halides is 2. The summed E-state index contributed by atoms with van der Waals surface area (Å²) in [6.45, 7) is 0.311. The Kier molecular flexibility index (Phi) is 6.81. The van der Waals surface area contributed by atoms with E-state index >= 15 is 0 Å². The van der Waals surface area contributed by atoms with Gasteiger partial charge in [0.25, 0.3) is 5.91 Å². The highest BCUT2D eigenvalue weighted by atomic mass is 19.3. The quantitative estimate of drug-likeness (QED) is 0.665. The van der Waals surface area contributed by atoms with Gasteiger partial charge in [0.2, 0.25) is 5.91 Å². The second-order valence-corrected chi connectivity index (χ2v) is 8.47. The second-order valence-electron chi connectivity index (χ2n) is 8.47. The first kappa shape index (κ1) is 23.0. The lowest BCUT2D eigenvalue weighted by Gasteiger charge is -2.38. The number of nitrogens with zero attached hydrogens (tertiary/aromatic N) is 2. The van der Waals surface area contributed by atoms with E-state index in [1.54, 1.807) is 29.0 Å². The maximum atomic E-state index is 13.6. The van der Waals surface area contributed by atoms with Gasteiger partial charge in [-0.25, -0.2) is 0 Å². The average molecular weight is 459 g/mol. The van der Waals surface area contributed by atoms with Gasteiger partial charge in [-0.2, -0.15) is 8.78 Å². The van der Waals surface area contributed by atoms with Crippen LogP contribution in [-0.2, 0) is 11.2 Å². The molecule has 6 nitrogen and oxygen atoms in total. The molecule has 0 spiro atoms. The minimum atomic E-state index is -3.02. The number of likely N-dealkylation sites (tertiary alicyclic amines) is 1. The number of benzene rings is 2. The third-order valence-corrected chi connectivity index (χ3v) is 6.44. The van der Waals surface area contributed by atoms with Gasteiger partial charge in [0.1, 0.15) is 11.5 Å². The molecular weight excluding hydrogens is 430 g/mol. The molecule has 0 aliphatic carbocycles. The van der Waals surface area contributed by atoms with Crippen molar-refractivity contribution in [3.05, 3.63) is 53.1 Å². The minimum absolute atomic E-state index is 0.0329. The Morgan fingerprint density at radius 3 is 2.61 bits per heavy atom. The van der Waals surface area contributed by atoms with Crippen LogP contribution < -0.4 is 14.4 Å². The van der Waals surface area contributed by atoms with Crippen LogP contribution in [0.4, 0.5) is 14.5 Å². The summed E-state index contributed by atoms with van der Waals surface area (Å²) in [5, 5.41) is 0. The van der Waals surface area contributed by atoms with Gasteiger partial charge < -0.3 is 19.3 Å². The van der Waals surface area contributed by atoms with Crippen molar-refractivity contribution in [2.75, 3.05) is 31.6 Å². The molecule has 0 saturated carbocycles. The molecular formula is C25H28F2N2O4. The van der Waals surface area contributed by atoms with Crippen molar-refractivity contribution < 1.29 is 27.8 Å². The normalized spacial score (nSPS) is 18.2. The molecule has 0 radical (unpaired) electrons. The molecule has 1 unspecified atom stereocenters. The van der Waals surface area contributed by atoms with Crippen molar-refractivity contribution in [2.24, 2.45) is 5.92 Å². The number of carbonyl (C=O) groups is 2. The number of para-hydroxylation sites is 1. The third kappa shape index (κ3) is 4.65. The Labute approximate surface area is 192 Å². The summed E-state index contributed by atoms with van der Waals surface area (Å²) in [4.78, 5) is 30.1. The molecule has 176 valence electrons. The van der Waals surface area contributed by atoms with Crippen LogP contribution in [0.3, 0.4) is 0 Å². The number of methoxy groups -OCH3 is 1. The topological polar surface area (TPSA) is 59.1 Å². The Morgan fingerprint density at radius 1 is 1.06 bits per heavy atom. The Bertz CT molecular complexity index is 1040. The SMILES string of the molecule is COc1ccc(C)c2c1N(C(=O)C1CCCN(C(=O)c3ccccc3OC(F)F)C1)CCC2. The zero-order valence-corrected chi connectivity index (χ0v) is 18.9. The zero-order valence-electron chi connectivity index (χ0n) is 18.9. The number of carbonyl (C=O) groups excluding carboxylic acids is 2. The number of ether oxygens (including phenoxy) is 2. The number of aryl methyl sites for hydroxylation is 1. The molecule has 2 heterocycles. The van der Waals surface area contributed by atoms with Crippen molar-refractivity contribution in [3.63, 3.8) is 0 Å². The first-order valence-electron chi connectivity index (χ1n) is 11.2. The summed E-state index contributed by atoms with van der Waals surface area (Å²) in [5.74, 6) is -0.297. The molecule has 0 bridgehead atoms. The predicted octanol–water partition coefficient (Wildman–Crippen LogP) is 4.44. The maximum Gasteiger partial charge on any atom is 0.387 e. The van der Waals surface area contributed by atoms with Crippen LogP contribution in [0.2, 0.25) is 0 Å². The second kappa shape index (κ2) is 9.77. The summed E-state index contributed by atoms with van der Waals surface area (Å²) in [6.07, 6.45) is 3.07. The molecule has 33 heavy (non-hydrogen) atoms. The molecule has 0 aromatic heterocycles. The van der Waals surface area contributed by atoms with Gasteiger partial charge in [-0.3, -0.25) is 9.59 Å². The van der Waals surface area contributed by atoms with E-state index in [1.165, 1.54) is 12.1 Å². The number of fused-ring (bicyclic) bond motifs is 1. The molecule has 8 heteroatoms. The minimum Gasteiger partial charge on any atom is -0.495 e. The first-order chi connectivity index (χ1) is 15.9. The summed E-state index contributed by atoms with van der Waals surface area (Å²) >= 11 is 0. The van der Waals surface area contributed by atoms with Crippen LogP contribution in [0.15, 0.2) is 36.4 Å². The van der Waals surface area contributed by atoms with E-state index in [0.717, 1.165) is 29.7 Å². The van der Waals surface area contributed by atoms with E-state index in [2.05, 4.69) is 4.74 Å². The van der Waals surface area contributed by atoms with Crippen LogP contribution >= 0.6 is 0 Å². The highest BCUT2D eigenvalue weighted by Crippen LogP contribution is 2.39. The third-order valence-electron chi connectivity index (χ3n) is 6.44. The van der Waals surface area contributed by atoms with Gasteiger partial charge in [-0.1, -0.05) is 18.2 Å². The molecule has 1 saturated heterocycles. The summed E-state index contributed by atoms with van der Waals surface area (Å²) in [5.41, 5.74) is 3.15. The van der Waals surface area contributed by atoms with E-state index in [-0.39, 0.29) is 29.7 Å². The van der Waals surface area contributed by atoms with Gasteiger partial charge in [0, 0.05) is 19.6 Å². The monoisotopic (exact) mass is 458 g/mol. The Balaban J connectivity index is 1.56. The molecule has 2 aromatic rings. The molecule has 1 atom stereocenters. The number of halogens is 2. The highest BCUT2D eigenvalue weighted by molar-refractivity contribution is 6.00. The smallest absolute Gasteiger partial charge is 0.387 e. The molecule has 2 aliphatic heterocycles. The fourth-order valence-corrected chi connectivity index (χ4v) is 4.83. The Hall–Kier alpha value is -3.16. The number of amides is 2. The lowest BCUT2D eigenvalue weighted by atomic mass is 9.92. The van der Waals surface area contributed by atoms with E-state index in [0.29, 0.717) is 31.7 Å². The van der Waals surface area contributed by atoms with E-state index in [9.17, 15) is 18.4 Å². The standard InChI is InChI=1S/C25H28F2N2O4/c1-16-11-12-21(32-2)22-18(16)9-6-14-29(22)23(30)17-7-5-13-28(15-17)24(31)19-8-3-4-10-20(19)33-25(26)27/h3-4,8,10-12,17,25H,5-7,9,13-15H2,1-2H3. The van der Waals surface area contributed by atoms with Crippen LogP contribution in [0.5, 0.6) is 11.5 Å². The van der Waals surface area contributed by atoms with Crippen LogP contribution in [0.1, 0.15) is 40.7 Å². The number of anilines is 1. The number of piperidine rings is 1. The van der Waals surface area contributed by atoms with Crippen molar-refractivity contribution >= 4 is 17.5 Å². The summed E-state index contributed by atoms with van der Waals surface area (Å²) in [6, 6.07) is 9.87. The number of hydrogen-bond donors (Lipinski definition) is 0. The molecule has 2 aromatic carbocycles. The van der Waals surface area contributed by atoms with Gasteiger partial charge in [-0.15, -0.1) is 0 Å². The lowest BCUT2D eigenvalue weighted by molar-refractivity contribution is -0.123. The van der Waals surface area contributed by atoms with Crippen molar-refractivity contribution in [2.45, 2.75) is 39.2 Å². The number of hydrogen-bond acceptors (Lipinski definition) is 4. The molecule has 2 aliphatic rings. The lowest BCUT2D eigenvalue weighted by Crippen LogP contribution is -2.48. The van der Waals surface area contributed by atoms with Crippen molar-refractivity contribution in [1.29, 1.82) is 0 Å². The molecule has 4 rings (SSSR count). The predicted molar refractivity (Wildman–Crippen MR) is 120 cm³/mol.